The molecule has 0 saturated carbocycles. The van der Waals surface area contributed by atoms with E-state index in [-0.39, 0.29) is 6.10 Å². The summed E-state index contributed by atoms with van der Waals surface area (Å²) in [5.41, 5.74) is 1.18. The third-order valence-electron chi connectivity index (χ3n) is 4.85. The first-order valence-electron chi connectivity index (χ1n) is 9.21. The molecule has 0 aliphatic carbocycles. The van der Waals surface area contributed by atoms with Crippen LogP contribution in [0, 0.1) is 0 Å². The Labute approximate surface area is 144 Å². The fraction of sp³-hybridized carbons (Fsp3) is 0.684. The molecule has 0 bridgehead atoms. The SMILES string of the molecule is OC(COc1cccc(CN2CC(O)C2)c1)CN1CCCCCC1. The van der Waals surface area contributed by atoms with Crippen LogP contribution in [0.1, 0.15) is 31.2 Å². The molecule has 0 aromatic heterocycles. The summed E-state index contributed by atoms with van der Waals surface area (Å²) in [6.45, 7) is 5.56. The molecular formula is C19H30N2O3. The normalized spacial score (nSPS) is 21.9. The molecule has 2 aliphatic heterocycles. The third kappa shape index (κ3) is 5.45. The molecule has 2 N–H and O–H groups in total. The summed E-state index contributed by atoms with van der Waals surface area (Å²) in [5, 5.41) is 19.6. The standard InChI is InChI=1S/C19H30N2O3/c22-17-12-21(13-17)11-16-6-5-7-19(10-16)24-15-18(23)14-20-8-3-1-2-4-9-20/h5-7,10,17-18,22-23H,1-4,8-9,11-15H2. The van der Waals surface area contributed by atoms with Gasteiger partial charge in [0.05, 0.1) is 6.10 Å². The Hall–Kier alpha value is -1.14. The lowest BCUT2D eigenvalue weighted by Gasteiger charge is -2.35. The Bertz CT molecular complexity index is 497. The molecule has 2 fully saturated rings. The van der Waals surface area contributed by atoms with Gasteiger partial charge in [-0.25, -0.2) is 0 Å². The zero-order valence-electron chi connectivity index (χ0n) is 14.4. The number of likely N-dealkylation sites (tertiary alicyclic amines) is 2. The van der Waals surface area contributed by atoms with Gasteiger partial charge in [-0.1, -0.05) is 25.0 Å². The van der Waals surface area contributed by atoms with Crippen molar-refractivity contribution in [2.45, 2.75) is 44.4 Å². The van der Waals surface area contributed by atoms with Crippen molar-refractivity contribution in [1.29, 1.82) is 0 Å². The Morgan fingerprint density at radius 2 is 1.83 bits per heavy atom. The maximum absolute atomic E-state index is 10.2. The van der Waals surface area contributed by atoms with E-state index in [1.54, 1.807) is 0 Å². The van der Waals surface area contributed by atoms with Crippen molar-refractivity contribution in [2.24, 2.45) is 0 Å². The van der Waals surface area contributed by atoms with Gasteiger partial charge in [0.2, 0.25) is 0 Å². The van der Waals surface area contributed by atoms with Gasteiger partial charge in [0.25, 0.3) is 0 Å². The summed E-state index contributed by atoms with van der Waals surface area (Å²) in [6.07, 6.45) is 4.48. The molecule has 24 heavy (non-hydrogen) atoms. The van der Waals surface area contributed by atoms with E-state index in [0.29, 0.717) is 13.2 Å². The molecule has 0 amide bonds. The molecule has 1 atom stereocenters. The van der Waals surface area contributed by atoms with E-state index >= 15 is 0 Å². The van der Waals surface area contributed by atoms with Crippen LogP contribution in [0.15, 0.2) is 24.3 Å². The fourth-order valence-electron chi connectivity index (χ4n) is 3.53. The molecule has 1 aromatic rings. The highest BCUT2D eigenvalue weighted by Crippen LogP contribution is 2.18. The maximum Gasteiger partial charge on any atom is 0.119 e. The average Bonchev–Trinajstić information content (AvgIpc) is 2.81. The number of nitrogens with zero attached hydrogens (tertiary/aromatic N) is 2. The first-order chi connectivity index (χ1) is 11.7. The fourth-order valence-corrected chi connectivity index (χ4v) is 3.53. The quantitative estimate of drug-likeness (QED) is 0.791. The van der Waals surface area contributed by atoms with E-state index in [2.05, 4.69) is 15.9 Å². The van der Waals surface area contributed by atoms with E-state index in [0.717, 1.165) is 38.5 Å². The van der Waals surface area contributed by atoms with E-state index in [9.17, 15) is 10.2 Å². The summed E-state index contributed by atoms with van der Waals surface area (Å²) in [4.78, 5) is 4.56. The minimum atomic E-state index is -0.447. The minimum absolute atomic E-state index is 0.168. The monoisotopic (exact) mass is 334 g/mol. The van der Waals surface area contributed by atoms with Gasteiger partial charge in [-0.05, 0) is 43.6 Å². The van der Waals surface area contributed by atoms with Gasteiger partial charge in [0.1, 0.15) is 18.5 Å². The smallest absolute Gasteiger partial charge is 0.119 e. The molecule has 134 valence electrons. The Kier molecular flexibility index (Phi) is 6.49. The molecular weight excluding hydrogens is 304 g/mol. The number of rotatable bonds is 7. The maximum atomic E-state index is 10.2. The molecule has 3 rings (SSSR count). The molecule has 5 nitrogen and oxygen atoms in total. The molecule has 0 radical (unpaired) electrons. The predicted molar refractivity (Wildman–Crippen MR) is 94.1 cm³/mol. The lowest BCUT2D eigenvalue weighted by Crippen LogP contribution is -2.49. The summed E-state index contributed by atoms with van der Waals surface area (Å²) < 4.78 is 5.79. The van der Waals surface area contributed by atoms with E-state index in [1.807, 2.05) is 18.2 Å². The van der Waals surface area contributed by atoms with Crippen LogP contribution >= 0.6 is 0 Å². The van der Waals surface area contributed by atoms with E-state index in [4.69, 9.17) is 4.74 Å². The van der Waals surface area contributed by atoms with Gasteiger partial charge in [0.15, 0.2) is 0 Å². The summed E-state index contributed by atoms with van der Waals surface area (Å²) in [5.74, 6) is 0.809. The van der Waals surface area contributed by atoms with Crippen LogP contribution in [0.5, 0.6) is 5.75 Å². The molecule has 1 aromatic carbocycles. The second-order valence-corrected chi connectivity index (χ2v) is 7.17. The van der Waals surface area contributed by atoms with Crippen LogP contribution in [-0.4, -0.2) is 71.6 Å². The van der Waals surface area contributed by atoms with Crippen LogP contribution in [-0.2, 0) is 6.54 Å². The first-order valence-corrected chi connectivity index (χ1v) is 9.21. The molecule has 2 saturated heterocycles. The van der Waals surface area contributed by atoms with Crippen LogP contribution in [0.2, 0.25) is 0 Å². The van der Waals surface area contributed by atoms with Crippen molar-refractivity contribution in [3.05, 3.63) is 29.8 Å². The lowest BCUT2D eigenvalue weighted by atomic mass is 10.1. The van der Waals surface area contributed by atoms with Gasteiger partial charge in [-0.15, -0.1) is 0 Å². The summed E-state index contributed by atoms with van der Waals surface area (Å²) in [7, 11) is 0. The van der Waals surface area contributed by atoms with E-state index in [1.165, 1.54) is 31.2 Å². The van der Waals surface area contributed by atoms with Gasteiger partial charge in [0, 0.05) is 26.2 Å². The summed E-state index contributed by atoms with van der Waals surface area (Å²) in [6, 6.07) is 8.03. The highest BCUT2D eigenvalue weighted by molar-refractivity contribution is 5.28. The van der Waals surface area contributed by atoms with Gasteiger partial charge < -0.3 is 19.8 Å². The van der Waals surface area contributed by atoms with Crippen molar-refractivity contribution < 1.29 is 14.9 Å². The number of aliphatic hydroxyl groups is 2. The number of hydrogen-bond donors (Lipinski definition) is 2. The molecule has 5 heteroatoms. The van der Waals surface area contributed by atoms with Gasteiger partial charge >= 0.3 is 0 Å². The van der Waals surface area contributed by atoms with E-state index < -0.39 is 6.10 Å². The molecule has 1 unspecified atom stereocenters. The van der Waals surface area contributed by atoms with Gasteiger partial charge in [-0.3, -0.25) is 4.90 Å². The third-order valence-corrected chi connectivity index (χ3v) is 4.85. The van der Waals surface area contributed by atoms with Crippen LogP contribution < -0.4 is 4.74 Å². The van der Waals surface area contributed by atoms with Crippen molar-refractivity contribution in [2.75, 3.05) is 39.3 Å². The van der Waals surface area contributed by atoms with Gasteiger partial charge in [-0.2, -0.15) is 0 Å². The number of benzene rings is 1. The predicted octanol–water partition coefficient (Wildman–Crippen LogP) is 1.48. The number of aliphatic hydroxyl groups excluding tert-OH is 2. The average molecular weight is 334 g/mol. The second-order valence-electron chi connectivity index (χ2n) is 7.17. The molecule has 2 heterocycles. The largest absolute Gasteiger partial charge is 0.491 e. The topological polar surface area (TPSA) is 56.2 Å². The summed E-state index contributed by atoms with van der Waals surface area (Å²) >= 11 is 0. The first kappa shape index (κ1) is 17.7. The Morgan fingerprint density at radius 3 is 2.54 bits per heavy atom. The van der Waals surface area contributed by atoms with Crippen molar-refractivity contribution in [1.82, 2.24) is 9.80 Å². The molecule has 2 aliphatic rings. The van der Waals surface area contributed by atoms with Crippen LogP contribution in [0.4, 0.5) is 0 Å². The zero-order valence-corrected chi connectivity index (χ0v) is 14.4. The minimum Gasteiger partial charge on any atom is -0.491 e. The second kappa shape index (κ2) is 8.81. The number of β-amino-alcohol motifs (C(OH)–C–C–N with tert-alkyl or cyclic N) is 2. The zero-order chi connectivity index (χ0) is 16.8. The Morgan fingerprint density at radius 1 is 1.08 bits per heavy atom. The lowest BCUT2D eigenvalue weighted by molar-refractivity contribution is -0.00291. The van der Waals surface area contributed by atoms with Crippen LogP contribution in [0.25, 0.3) is 0 Å². The highest BCUT2D eigenvalue weighted by Gasteiger charge is 2.24. The van der Waals surface area contributed by atoms with Crippen molar-refractivity contribution >= 4 is 0 Å². The highest BCUT2D eigenvalue weighted by atomic mass is 16.5. The van der Waals surface area contributed by atoms with Crippen molar-refractivity contribution in [3.8, 4) is 5.75 Å². The van der Waals surface area contributed by atoms with Crippen LogP contribution in [0.3, 0.4) is 0 Å². The molecule has 0 spiro atoms. The Balaban J connectivity index is 1.42. The number of hydrogen-bond acceptors (Lipinski definition) is 5. The van der Waals surface area contributed by atoms with Crippen molar-refractivity contribution in [3.63, 3.8) is 0 Å². The number of ether oxygens (including phenoxy) is 1.